The monoisotopic (exact) mass is 484 g/mol. The number of pyridine rings is 1. The number of cyclic esters (lactones) is 1. The molecule has 2 saturated heterocycles. The minimum Gasteiger partial charge on any atom is -0.438 e. The predicted molar refractivity (Wildman–Crippen MR) is 134 cm³/mol. The summed E-state index contributed by atoms with van der Waals surface area (Å²) >= 11 is 0. The van der Waals surface area contributed by atoms with Crippen LogP contribution < -0.4 is 5.32 Å². The third kappa shape index (κ3) is 4.93. The third-order valence-electron chi connectivity index (χ3n) is 6.61. The first-order valence-electron chi connectivity index (χ1n) is 12.1. The average Bonchev–Trinajstić information content (AvgIpc) is 3.54. The minimum absolute atomic E-state index is 0.0926. The molecule has 2 aromatic carbocycles. The maximum atomic E-state index is 13.6. The van der Waals surface area contributed by atoms with Gasteiger partial charge in [0.15, 0.2) is 12.1 Å². The molecule has 2 fully saturated rings. The largest absolute Gasteiger partial charge is 0.438 e. The van der Waals surface area contributed by atoms with Crippen LogP contribution in [0.1, 0.15) is 46.0 Å². The number of nitrogens with one attached hydrogen (secondary N) is 1. The molecule has 1 N–H and O–H groups in total. The Morgan fingerprint density at radius 3 is 2.53 bits per heavy atom. The summed E-state index contributed by atoms with van der Waals surface area (Å²) in [5, 5.41) is 2.84. The average molecular weight is 485 g/mol. The van der Waals surface area contributed by atoms with Crippen LogP contribution in [0.5, 0.6) is 0 Å². The van der Waals surface area contributed by atoms with Crippen molar-refractivity contribution in [3.05, 3.63) is 95.3 Å². The molecule has 8 heteroatoms. The van der Waals surface area contributed by atoms with Crippen molar-refractivity contribution in [1.29, 1.82) is 0 Å². The third-order valence-corrected chi connectivity index (χ3v) is 6.61. The van der Waals surface area contributed by atoms with Gasteiger partial charge in [-0.3, -0.25) is 19.5 Å². The Kier molecular flexibility index (Phi) is 6.66. The molecule has 2 aliphatic heterocycles. The Labute approximate surface area is 209 Å². The molecule has 2 atom stereocenters. The first kappa shape index (κ1) is 23.5. The number of amides is 3. The molecule has 3 amide bonds. The molecule has 0 aliphatic carbocycles. The van der Waals surface area contributed by atoms with Gasteiger partial charge in [0.25, 0.3) is 5.91 Å². The molecular weight excluding hydrogens is 456 g/mol. The van der Waals surface area contributed by atoms with Gasteiger partial charge in [-0.15, -0.1) is 0 Å². The molecule has 2 aliphatic rings. The molecule has 1 aromatic heterocycles. The lowest BCUT2D eigenvalue weighted by Crippen LogP contribution is -2.47. The van der Waals surface area contributed by atoms with Gasteiger partial charge < -0.3 is 15.0 Å². The highest BCUT2D eigenvalue weighted by Gasteiger charge is 2.48. The lowest BCUT2D eigenvalue weighted by atomic mass is 9.99. The summed E-state index contributed by atoms with van der Waals surface area (Å²) in [7, 11) is 0. The molecule has 5 rings (SSSR count). The molecule has 184 valence electrons. The second kappa shape index (κ2) is 10.2. The van der Waals surface area contributed by atoms with E-state index in [1.54, 1.807) is 42.6 Å². The van der Waals surface area contributed by atoms with Gasteiger partial charge in [0, 0.05) is 31.2 Å². The minimum atomic E-state index is -0.757. The first-order valence-corrected chi connectivity index (χ1v) is 12.1. The number of carbonyl (C=O) groups excluding carboxylic acids is 3. The number of likely N-dealkylation sites (tertiary alicyclic amines) is 1. The highest BCUT2D eigenvalue weighted by Crippen LogP contribution is 2.36. The Balaban J connectivity index is 1.38. The molecular formula is C28H28N4O4. The number of rotatable bonds is 6. The highest BCUT2D eigenvalue weighted by atomic mass is 16.6. The van der Waals surface area contributed by atoms with Gasteiger partial charge in [0.05, 0.1) is 12.1 Å². The quantitative estimate of drug-likeness (QED) is 0.562. The molecule has 0 bridgehead atoms. The van der Waals surface area contributed by atoms with E-state index in [-0.39, 0.29) is 11.8 Å². The lowest BCUT2D eigenvalue weighted by Gasteiger charge is -2.28. The van der Waals surface area contributed by atoms with Crippen molar-refractivity contribution in [2.24, 2.45) is 0 Å². The Morgan fingerprint density at radius 2 is 1.83 bits per heavy atom. The number of hydrogen-bond donors (Lipinski definition) is 1. The molecule has 0 spiro atoms. The van der Waals surface area contributed by atoms with Crippen LogP contribution in [0.4, 0.5) is 10.5 Å². The van der Waals surface area contributed by atoms with Gasteiger partial charge in [-0.25, -0.2) is 4.79 Å². The van der Waals surface area contributed by atoms with Gasteiger partial charge in [0.1, 0.15) is 0 Å². The van der Waals surface area contributed by atoms with E-state index in [9.17, 15) is 14.4 Å². The summed E-state index contributed by atoms with van der Waals surface area (Å²) in [4.78, 5) is 46.4. The Morgan fingerprint density at radius 1 is 1.06 bits per heavy atom. The van der Waals surface area contributed by atoms with Crippen molar-refractivity contribution < 1.29 is 19.1 Å². The molecule has 36 heavy (non-hydrogen) atoms. The van der Waals surface area contributed by atoms with Gasteiger partial charge in [-0.1, -0.05) is 42.0 Å². The SMILES string of the molecule is Cc1cccc(CN2C(=O)OC(c3ccc(NC(=O)c4cccnc4)cc3)C2C(=O)N2CCCC2)c1. The van der Waals surface area contributed by atoms with Crippen molar-refractivity contribution in [3.63, 3.8) is 0 Å². The van der Waals surface area contributed by atoms with E-state index in [4.69, 9.17) is 4.74 Å². The molecule has 0 radical (unpaired) electrons. The fraction of sp³-hybridized carbons (Fsp3) is 0.286. The Bertz CT molecular complexity index is 1260. The van der Waals surface area contributed by atoms with Crippen molar-refractivity contribution in [1.82, 2.24) is 14.8 Å². The van der Waals surface area contributed by atoms with Gasteiger partial charge >= 0.3 is 6.09 Å². The smallest absolute Gasteiger partial charge is 0.411 e. The summed E-state index contributed by atoms with van der Waals surface area (Å²) in [6.45, 7) is 3.66. The molecule has 8 nitrogen and oxygen atoms in total. The number of benzene rings is 2. The highest BCUT2D eigenvalue weighted by molar-refractivity contribution is 6.04. The van der Waals surface area contributed by atoms with E-state index in [1.807, 2.05) is 36.1 Å². The fourth-order valence-corrected chi connectivity index (χ4v) is 4.78. The van der Waals surface area contributed by atoms with E-state index in [1.165, 1.54) is 11.1 Å². The van der Waals surface area contributed by atoms with Crippen LogP contribution in [0.3, 0.4) is 0 Å². The molecule has 2 unspecified atom stereocenters. The maximum Gasteiger partial charge on any atom is 0.411 e. The van der Waals surface area contributed by atoms with Crippen molar-refractivity contribution in [3.8, 4) is 0 Å². The summed E-state index contributed by atoms with van der Waals surface area (Å²) < 4.78 is 5.79. The zero-order valence-electron chi connectivity index (χ0n) is 20.1. The van der Waals surface area contributed by atoms with Crippen molar-refractivity contribution in [2.45, 2.75) is 38.5 Å². The summed E-state index contributed by atoms with van der Waals surface area (Å²) in [6.07, 6.45) is 3.78. The topological polar surface area (TPSA) is 91.8 Å². The fourth-order valence-electron chi connectivity index (χ4n) is 4.78. The molecule has 3 aromatic rings. The standard InChI is InChI=1S/C28H28N4O4/c1-19-6-4-7-20(16-19)18-32-24(27(34)31-14-2-3-15-31)25(36-28(32)35)21-9-11-23(12-10-21)30-26(33)22-8-5-13-29-17-22/h4-13,16-17,24-25H,2-3,14-15,18H2,1H3,(H,30,33). The van der Waals surface area contributed by atoms with Crippen LogP contribution >= 0.6 is 0 Å². The van der Waals surface area contributed by atoms with E-state index < -0.39 is 18.2 Å². The van der Waals surface area contributed by atoms with Crippen LogP contribution in [0.15, 0.2) is 73.1 Å². The van der Waals surface area contributed by atoms with Crippen molar-refractivity contribution >= 4 is 23.6 Å². The number of anilines is 1. The zero-order valence-corrected chi connectivity index (χ0v) is 20.1. The summed E-state index contributed by atoms with van der Waals surface area (Å²) in [5.41, 5.74) is 3.78. The number of hydrogen-bond acceptors (Lipinski definition) is 5. The summed E-state index contributed by atoms with van der Waals surface area (Å²) in [5.74, 6) is -0.362. The van der Waals surface area contributed by atoms with Crippen molar-refractivity contribution in [2.75, 3.05) is 18.4 Å². The predicted octanol–water partition coefficient (Wildman–Crippen LogP) is 4.33. The van der Waals surface area contributed by atoms with Gasteiger partial charge in [0.2, 0.25) is 5.91 Å². The molecule has 0 saturated carbocycles. The number of aryl methyl sites for hydroxylation is 1. The van der Waals surface area contributed by atoms with Crippen LogP contribution in [0, 0.1) is 6.92 Å². The van der Waals surface area contributed by atoms with E-state index in [0.29, 0.717) is 36.4 Å². The second-order valence-electron chi connectivity index (χ2n) is 9.22. The normalized spacial score (nSPS) is 19.3. The summed E-state index contributed by atoms with van der Waals surface area (Å²) in [6, 6.07) is 17.6. The van der Waals surface area contributed by atoms with Crippen LogP contribution in [-0.4, -0.2) is 51.8 Å². The zero-order chi connectivity index (χ0) is 25.1. The maximum absolute atomic E-state index is 13.6. The van der Waals surface area contributed by atoms with E-state index >= 15 is 0 Å². The Hall–Kier alpha value is -4.20. The van der Waals surface area contributed by atoms with Gasteiger partial charge in [-0.05, 0) is 55.2 Å². The van der Waals surface area contributed by atoms with Crippen LogP contribution in [0.25, 0.3) is 0 Å². The van der Waals surface area contributed by atoms with Gasteiger partial charge in [-0.2, -0.15) is 0 Å². The van der Waals surface area contributed by atoms with Crippen LogP contribution in [0.2, 0.25) is 0 Å². The van der Waals surface area contributed by atoms with Crippen LogP contribution in [-0.2, 0) is 16.1 Å². The second-order valence-corrected chi connectivity index (χ2v) is 9.22. The van der Waals surface area contributed by atoms with E-state index in [0.717, 1.165) is 24.0 Å². The number of nitrogens with zero attached hydrogens (tertiary/aromatic N) is 3. The molecule has 3 heterocycles. The first-order chi connectivity index (χ1) is 17.5. The lowest BCUT2D eigenvalue weighted by molar-refractivity contribution is -0.135. The number of ether oxygens (including phenoxy) is 1. The van der Waals surface area contributed by atoms with E-state index in [2.05, 4.69) is 10.3 Å². The number of aromatic nitrogens is 1. The number of carbonyl (C=O) groups is 3.